The summed E-state index contributed by atoms with van der Waals surface area (Å²) < 4.78 is 6.09. The minimum atomic E-state index is 0.0284. The highest BCUT2D eigenvalue weighted by Crippen LogP contribution is 2.29. The molecule has 0 aromatic carbocycles. The third-order valence-corrected chi connectivity index (χ3v) is 6.15. The highest BCUT2D eigenvalue weighted by atomic mass is 32.1. The van der Waals surface area contributed by atoms with Gasteiger partial charge in [0.25, 0.3) is 0 Å². The van der Waals surface area contributed by atoms with Crippen LogP contribution in [0, 0.1) is 5.92 Å². The lowest BCUT2D eigenvalue weighted by atomic mass is 9.82. The van der Waals surface area contributed by atoms with Crippen molar-refractivity contribution in [1.82, 2.24) is 20.8 Å². The third kappa shape index (κ3) is 5.37. The zero-order chi connectivity index (χ0) is 18.4. The number of rotatable bonds is 8. The largest absolute Gasteiger partial charge is 0.377 e. The number of nitrogens with one attached hydrogen (secondary N) is 2. The van der Waals surface area contributed by atoms with Crippen LogP contribution >= 0.6 is 11.3 Å². The van der Waals surface area contributed by atoms with E-state index in [1.54, 1.807) is 0 Å². The lowest BCUT2D eigenvalue weighted by Gasteiger charge is -2.37. The van der Waals surface area contributed by atoms with Crippen molar-refractivity contribution in [2.24, 2.45) is 5.92 Å². The lowest BCUT2D eigenvalue weighted by Crippen LogP contribution is -2.51. The summed E-state index contributed by atoms with van der Waals surface area (Å²) in [5, 5.41) is 15.7. The smallest absolute Gasteiger partial charge is 0.223 e. The Morgan fingerprint density at radius 1 is 1.27 bits per heavy atom. The molecule has 0 bridgehead atoms. The molecule has 3 atom stereocenters. The van der Waals surface area contributed by atoms with E-state index in [1.807, 2.05) is 0 Å². The first-order chi connectivity index (χ1) is 12.7. The molecule has 3 rings (SSSR count). The Kier molecular flexibility index (Phi) is 7.22. The van der Waals surface area contributed by atoms with E-state index in [0.717, 1.165) is 37.3 Å². The van der Waals surface area contributed by atoms with Gasteiger partial charge in [0.2, 0.25) is 11.0 Å². The second-order valence-corrected chi connectivity index (χ2v) is 8.52. The molecule has 7 nitrogen and oxygen atoms in total. The van der Waals surface area contributed by atoms with Crippen LogP contribution in [0.4, 0.5) is 5.13 Å². The molecule has 26 heavy (non-hydrogen) atoms. The van der Waals surface area contributed by atoms with Crippen molar-refractivity contribution in [2.75, 3.05) is 12.3 Å². The molecule has 0 saturated heterocycles. The van der Waals surface area contributed by atoms with Crippen LogP contribution in [0.3, 0.4) is 0 Å². The number of nitrogen functional groups attached to an aromatic ring is 1. The maximum atomic E-state index is 12.6. The van der Waals surface area contributed by atoms with Crippen molar-refractivity contribution in [3.63, 3.8) is 0 Å². The summed E-state index contributed by atoms with van der Waals surface area (Å²) in [4.78, 5) is 12.6. The van der Waals surface area contributed by atoms with Crippen molar-refractivity contribution >= 4 is 22.4 Å². The maximum Gasteiger partial charge on any atom is 0.223 e. The van der Waals surface area contributed by atoms with Gasteiger partial charge in [-0.25, -0.2) is 0 Å². The number of carbonyl (C=O) groups excluding carboxylic acids is 1. The topological polar surface area (TPSA) is 102 Å². The number of carbonyl (C=O) groups is 1. The monoisotopic (exact) mass is 381 g/mol. The van der Waals surface area contributed by atoms with Gasteiger partial charge in [0.15, 0.2) is 0 Å². The number of anilines is 1. The predicted molar refractivity (Wildman–Crippen MR) is 103 cm³/mol. The van der Waals surface area contributed by atoms with Crippen LogP contribution in [-0.2, 0) is 16.1 Å². The summed E-state index contributed by atoms with van der Waals surface area (Å²) in [6, 6.07) is 0.852. The van der Waals surface area contributed by atoms with E-state index >= 15 is 0 Å². The molecule has 146 valence electrons. The first kappa shape index (κ1) is 19.5. The first-order valence-electron chi connectivity index (χ1n) is 9.89. The van der Waals surface area contributed by atoms with E-state index in [4.69, 9.17) is 10.5 Å². The Morgan fingerprint density at radius 3 is 2.77 bits per heavy atom. The second kappa shape index (κ2) is 9.62. The lowest BCUT2D eigenvalue weighted by molar-refractivity contribution is -0.128. The molecule has 0 unspecified atom stereocenters. The summed E-state index contributed by atoms with van der Waals surface area (Å²) in [6.45, 7) is 3.34. The molecule has 0 radical (unpaired) electrons. The Balaban J connectivity index is 1.53. The molecule has 2 saturated carbocycles. The van der Waals surface area contributed by atoms with Crippen molar-refractivity contribution in [1.29, 1.82) is 0 Å². The standard InChI is InChI=1S/C18H31N5O2S/c1-2-9-25-15-8-7-12(10-14(15)21-13-5-3-4-6-13)17(24)20-11-16-22-23-18(19)26-16/h12-15,21H,2-11H2,1H3,(H2,19,23)(H,20,24)/t12-,14+,15+/m0/s1. The van der Waals surface area contributed by atoms with Crippen LogP contribution in [-0.4, -0.2) is 40.9 Å². The van der Waals surface area contributed by atoms with Crippen molar-refractivity contribution in [3.05, 3.63) is 5.01 Å². The zero-order valence-corrected chi connectivity index (χ0v) is 16.4. The van der Waals surface area contributed by atoms with E-state index in [2.05, 4.69) is 27.8 Å². The summed E-state index contributed by atoms with van der Waals surface area (Å²) in [5.74, 6) is 0.131. The number of ether oxygens (including phenoxy) is 1. The Labute approximate surface area is 159 Å². The van der Waals surface area contributed by atoms with Gasteiger partial charge in [-0.05, 0) is 38.5 Å². The van der Waals surface area contributed by atoms with Gasteiger partial charge in [0.1, 0.15) is 5.01 Å². The molecule has 0 aliphatic heterocycles. The van der Waals surface area contributed by atoms with Gasteiger partial charge in [-0.2, -0.15) is 0 Å². The maximum absolute atomic E-state index is 12.6. The fraction of sp³-hybridized carbons (Fsp3) is 0.833. The van der Waals surface area contributed by atoms with Crippen molar-refractivity contribution in [2.45, 2.75) is 83.0 Å². The fourth-order valence-electron chi connectivity index (χ4n) is 4.07. The Bertz CT molecular complexity index is 576. The molecule has 1 aromatic rings. The van der Waals surface area contributed by atoms with Crippen molar-refractivity contribution in [3.8, 4) is 0 Å². The molecule has 2 fully saturated rings. The van der Waals surface area contributed by atoms with Gasteiger partial charge in [-0.1, -0.05) is 31.1 Å². The van der Waals surface area contributed by atoms with Gasteiger partial charge < -0.3 is 21.1 Å². The number of hydrogen-bond acceptors (Lipinski definition) is 7. The van der Waals surface area contributed by atoms with E-state index in [9.17, 15) is 4.79 Å². The van der Waals surface area contributed by atoms with Crippen LogP contribution < -0.4 is 16.4 Å². The summed E-state index contributed by atoms with van der Waals surface area (Å²) in [5.41, 5.74) is 5.59. The normalized spacial score (nSPS) is 26.9. The summed E-state index contributed by atoms with van der Waals surface area (Å²) >= 11 is 1.32. The van der Waals surface area contributed by atoms with Crippen LogP contribution in [0.1, 0.15) is 63.3 Å². The predicted octanol–water partition coefficient (Wildman–Crippen LogP) is 2.23. The van der Waals surface area contributed by atoms with E-state index in [-0.39, 0.29) is 24.0 Å². The summed E-state index contributed by atoms with van der Waals surface area (Å²) in [7, 11) is 0. The van der Waals surface area contributed by atoms with Gasteiger partial charge in [0, 0.05) is 24.6 Å². The molecule has 4 N–H and O–H groups in total. The fourth-order valence-corrected chi connectivity index (χ4v) is 4.61. The van der Waals surface area contributed by atoms with Gasteiger partial charge in [-0.15, -0.1) is 10.2 Å². The number of amides is 1. The van der Waals surface area contributed by atoms with Crippen molar-refractivity contribution < 1.29 is 9.53 Å². The molecule has 0 spiro atoms. The van der Waals surface area contributed by atoms with Gasteiger partial charge in [0.05, 0.1) is 12.6 Å². The highest BCUT2D eigenvalue weighted by Gasteiger charge is 2.35. The van der Waals surface area contributed by atoms with Gasteiger partial charge >= 0.3 is 0 Å². The molecule has 8 heteroatoms. The number of aromatic nitrogens is 2. The minimum absolute atomic E-state index is 0.0284. The molecular weight excluding hydrogens is 350 g/mol. The van der Waals surface area contributed by atoms with E-state index < -0.39 is 0 Å². The zero-order valence-electron chi connectivity index (χ0n) is 15.6. The molecule has 1 amide bonds. The number of hydrogen-bond donors (Lipinski definition) is 3. The van der Waals surface area contributed by atoms with Crippen LogP contribution in [0.25, 0.3) is 0 Å². The highest BCUT2D eigenvalue weighted by molar-refractivity contribution is 7.15. The van der Waals surface area contributed by atoms with Crippen LogP contribution in [0.5, 0.6) is 0 Å². The molecule has 2 aliphatic rings. The first-order valence-corrected chi connectivity index (χ1v) is 10.7. The summed E-state index contributed by atoms with van der Waals surface area (Å²) in [6.07, 6.45) is 9.01. The van der Waals surface area contributed by atoms with Crippen LogP contribution in [0.15, 0.2) is 0 Å². The van der Waals surface area contributed by atoms with E-state index in [1.165, 1.54) is 37.0 Å². The average molecular weight is 382 g/mol. The van der Waals surface area contributed by atoms with Crippen LogP contribution in [0.2, 0.25) is 0 Å². The average Bonchev–Trinajstić information content (AvgIpc) is 3.30. The Hall–Kier alpha value is -1.25. The molecule has 1 aromatic heterocycles. The molecule has 2 aliphatic carbocycles. The molecule has 1 heterocycles. The SMILES string of the molecule is CCCO[C@@H]1CC[C@H](C(=O)NCc2nnc(N)s2)C[C@H]1NC1CCCC1. The second-order valence-electron chi connectivity index (χ2n) is 7.43. The Morgan fingerprint density at radius 2 is 2.08 bits per heavy atom. The van der Waals surface area contributed by atoms with Gasteiger partial charge in [-0.3, -0.25) is 4.79 Å². The quantitative estimate of drug-likeness (QED) is 0.638. The minimum Gasteiger partial charge on any atom is -0.377 e. The number of nitrogens with zero attached hydrogens (tertiary/aromatic N) is 2. The number of nitrogens with two attached hydrogens (primary N) is 1. The third-order valence-electron chi connectivity index (χ3n) is 5.39. The van der Waals surface area contributed by atoms with E-state index in [0.29, 0.717) is 17.7 Å². The molecular formula is C18H31N5O2S.